The number of amides is 1. The van der Waals surface area contributed by atoms with Crippen LogP contribution in [-0.4, -0.2) is 37.8 Å². The van der Waals surface area contributed by atoms with E-state index in [0.29, 0.717) is 17.3 Å². The molecule has 30 heavy (non-hydrogen) atoms. The first-order valence-corrected chi connectivity index (χ1v) is 9.91. The van der Waals surface area contributed by atoms with Crippen molar-refractivity contribution >= 4 is 11.7 Å². The van der Waals surface area contributed by atoms with Crippen LogP contribution in [0.5, 0.6) is 5.75 Å². The predicted octanol–water partition coefficient (Wildman–Crippen LogP) is 4.09. The van der Waals surface area contributed by atoms with Crippen LogP contribution in [0.4, 0.5) is 5.82 Å². The Labute approximate surface area is 177 Å². The van der Waals surface area contributed by atoms with Gasteiger partial charge in [-0.2, -0.15) is 5.10 Å². The highest BCUT2D eigenvalue weighted by molar-refractivity contribution is 6.03. The minimum Gasteiger partial charge on any atom is -0.497 e. The van der Waals surface area contributed by atoms with Crippen molar-refractivity contribution in [1.82, 2.24) is 24.8 Å². The third-order valence-corrected chi connectivity index (χ3v) is 4.76. The van der Waals surface area contributed by atoms with E-state index in [-0.39, 0.29) is 22.6 Å². The lowest BCUT2D eigenvalue weighted by molar-refractivity contribution is 0.102. The van der Waals surface area contributed by atoms with E-state index < -0.39 is 0 Å². The number of carbonyl (C=O) groups is 1. The van der Waals surface area contributed by atoms with Gasteiger partial charge >= 0.3 is 0 Å². The number of nitrogens with one attached hydrogen (secondary N) is 1. The van der Waals surface area contributed by atoms with Gasteiger partial charge in [0.15, 0.2) is 5.69 Å². The zero-order chi connectivity index (χ0) is 22.3. The van der Waals surface area contributed by atoms with Gasteiger partial charge in [0.1, 0.15) is 11.6 Å². The first-order valence-electron chi connectivity index (χ1n) is 9.91. The maximum absolute atomic E-state index is 13.0. The molecule has 1 aromatic carbocycles. The van der Waals surface area contributed by atoms with Crippen LogP contribution in [0.15, 0.2) is 30.3 Å². The molecule has 0 aliphatic heterocycles. The van der Waals surface area contributed by atoms with E-state index in [4.69, 9.17) is 9.84 Å². The fourth-order valence-corrected chi connectivity index (χ4v) is 3.05. The highest BCUT2D eigenvalue weighted by atomic mass is 16.5. The van der Waals surface area contributed by atoms with E-state index >= 15 is 0 Å². The fraction of sp³-hybridized carbons (Fsp3) is 0.455. The molecule has 1 N–H and O–H groups in total. The second kappa shape index (κ2) is 7.59. The maximum atomic E-state index is 13.0. The molecule has 0 fully saturated rings. The molecule has 0 bridgehead atoms. The van der Waals surface area contributed by atoms with Gasteiger partial charge in [0.05, 0.1) is 29.7 Å². The molecule has 0 atom stereocenters. The predicted molar refractivity (Wildman–Crippen MR) is 117 cm³/mol. The van der Waals surface area contributed by atoms with Crippen molar-refractivity contribution in [2.24, 2.45) is 0 Å². The fourth-order valence-electron chi connectivity index (χ4n) is 3.05. The summed E-state index contributed by atoms with van der Waals surface area (Å²) in [5.41, 5.74) is 2.15. The maximum Gasteiger partial charge on any atom is 0.279 e. The van der Waals surface area contributed by atoms with Crippen molar-refractivity contribution in [1.29, 1.82) is 0 Å². The van der Waals surface area contributed by atoms with Gasteiger partial charge in [-0.05, 0) is 39.8 Å². The molecule has 0 aliphatic carbocycles. The van der Waals surface area contributed by atoms with Crippen LogP contribution in [-0.2, 0) is 11.0 Å². The Kier molecular flexibility index (Phi) is 5.45. The second-order valence-corrected chi connectivity index (χ2v) is 9.34. The Hall–Kier alpha value is -3.16. The summed E-state index contributed by atoms with van der Waals surface area (Å²) >= 11 is 0. The summed E-state index contributed by atoms with van der Waals surface area (Å²) in [4.78, 5) is 13.0. The van der Waals surface area contributed by atoms with Crippen molar-refractivity contribution < 1.29 is 9.53 Å². The van der Waals surface area contributed by atoms with E-state index in [1.54, 1.807) is 11.8 Å². The van der Waals surface area contributed by atoms with Gasteiger partial charge in [-0.1, -0.05) is 32.1 Å². The van der Waals surface area contributed by atoms with Gasteiger partial charge in [-0.3, -0.25) is 4.79 Å². The van der Waals surface area contributed by atoms with Crippen LogP contribution < -0.4 is 10.1 Å². The van der Waals surface area contributed by atoms with Crippen molar-refractivity contribution in [3.8, 4) is 11.4 Å². The zero-order valence-electron chi connectivity index (χ0n) is 18.9. The van der Waals surface area contributed by atoms with Gasteiger partial charge < -0.3 is 10.1 Å². The lowest BCUT2D eigenvalue weighted by Gasteiger charge is -2.22. The van der Waals surface area contributed by atoms with Crippen LogP contribution in [0, 0.1) is 6.92 Å². The number of methoxy groups -OCH3 is 1. The minimum atomic E-state index is -0.326. The number of aromatic nitrogens is 5. The number of hydrogen-bond acceptors (Lipinski definition) is 5. The van der Waals surface area contributed by atoms with Crippen molar-refractivity contribution in [2.75, 3.05) is 12.4 Å². The molecular weight excluding hydrogens is 380 g/mol. The highest BCUT2D eigenvalue weighted by Gasteiger charge is 2.27. The molecule has 0 unspecified atom stereocenters. The Morgan fingerprint density at radius 2 is 1.80 bits per heavy atom. The van der Waals surface area contributed by atoms with Gasteiger partial charge in [0.2, 0.25) is 0 Å². The number of anilines is 1. The summed E-state index contributed by atoms with van der Waals surface area (Å²) in [6, 6.07) is 9.36. The molecular formula is C22H30N6O2. The van der Waals surface area contributed by atoms with Gasteiger partial charge in [0, 0.05) is 17.5 Å². The second-order valence-electron chi connectivity index (χ2n) is 9.34. The van der Waals surface area contributed by atoms with Crippen LogP contribution >= 0.6 is 0 Å². The Morgan fingerprint density at radius 3 is 2.40 bits per heavy atom. The number of ether oxygens (including phenoxy) is 1. The average Bonchev–Trinajstić information content (AvgIpc) is 3.25. The molecule has 2 heterocycles. The molecule has 0 saturated carbocycles. The third kappa shape index (κ3) is 4.22. The van der Waals surface area contributed by atoms with E-state index in [9.17, 15) is 4.79 Å². The molecule has 160 valence electrons. The highest BCUT2D eigenvalue weighted by Crippen LogP contribution is 2.28. The topological polar surface area (TPSA) is 86.9 Å². The summed E-state index contributed by atoms with van der Waals surface area (Å²) in [5, 5.41) is 16.0. The number of carbonyl (C=O) groups excluding carboxylic acids is 1. The Balaban J connectivity index is 1.94. The zero-order valence-corrected chi connectivity index (χ0v) is 18.9. The third-order valence-electron chi connectivity index (χ3n) is 4.76. The summed E-state index contributed by atoms with van der Waals surface area (Å²) in [6.45, 7) is 14.2. The number of benzene rings is 1. The molecule has 8 nitrogen and oxygen atoms in total. The average molecular weight is 411 g/mol. The van der Waals surface area contributed by atoms with Gasteiger partial charge in [-0.25, -0.2) is 9.36 Å². The normalized spacial score (nSPS) is 12.1. The van der Waals surface area contributed by atoms with Gasteiger partial charge in [-0.15, -0.1) is 5.10 Å². The first-order chi connectivity index (χ1) is 13.9. The molecule has 8 heteroatoms. The summed E-state index contributed by atoms with van der Waals surface area (Å²) in [5.74, 6) is 1.01. The first kappa shape index (κ1) is 21.5. The summed E-state index contributed by atoms with van der Waals surface area (Å²) < 4.78 is 8.74. The molecule has 0 radical (unpaired) electrons. The van der Waals surface area contributed by atoms with Crippen LogP contribution in [0.3, 0.4) is 0 Å². The Bertz CT molecular complexity index is 1070. The monoisotopic (exact) mass is 410 g/mol. The summed E-state index contributed by atoms with van der Waals surface area (Å²) in [6.07, 6.45) is 0. The molecule has 1 amide bonds. The molecule has 0 saturated heterocycles. The smallest absolute Gasteiger partial charge is 0.279 e. The van der Waals surface area contributed by atoms with E-state index in [1.807, 2.05) is 62.7 Å². The largest absolute Gasteiger partial charge is 0.497 e. The lowest BCUT2D eigenvalue weighted by Crippen LogP contribution is -2.27. The molecule has 2 aromatic heterocycles. The van der Waals surface area contributed by atoms with Crippen molar-refractivity contribution in [3.63, 3.8) is 0 Å². The number of nitrogens with zero attached hydrogens (tertiary/aromatic N) is 5. The number of hydrogen-bond donors (Lipinski definition) is 1. The lowest BCUT2D eigenvalue weighted by atomic mass is 9.92. The Morgan fingerprint density at radius 1 is 1.10 bits per heavy atom. The van der Waals surface area contributed by atoms with Crippen LogP contribution in [0.25, 0.3) is 5.69 Å². The van der Waals surface area contributed by atoms with Gasteiger partial charge in [0.25, 0.3) is 5.91 Å². The minimum absolute atomic E-state index is 0.138. The molecule has 3 rings (SSSR count). The van der Waals surface area contributed by atoms with E-state index in [0.717, 1.165) is 11.4 Å². The van der Waals surface area contributed by atoms with E-state index in [2.05, 4.69) is 36.4 Å². The molecule has 3 aromatic rings. The quantitative estimate of drug-likeness (QED) is 0.700. The summed E-state index contributed by atoms with van der Waals surface area (Å²) in [7, 11) is 1.61. The van der Waals surface area contributed by atoms with E-state index in [1.165, 1.54) is 0 Å². The molecule has 0 spiro atoms. The SMILES string of the molecule is COc1cccc(-n2nnc(C(=O)Nc3cc(C(C)(C)C)nn3C(C)(C)C)c2C)c1. The molecule has 0 aliphatic rings. The standard InChI is InChI=1S/C22H30N6O2/c1-14-19(24-26-27(14)15-10-9-11-16(12-15)30-8)20(29)23-18-13-17(21(2,3)4)25-28(18)22(5,6)7/h9-13H,1-8H3,(H,23,29). The number of rotatable bonds is 4. The van der Waals surface area contributed by atoms with Crippen molar-refractivity contribution in [3.05, 3.63) is 47.4 Å². The van der Waals surface area contributed by atoms with Crippen LogP contribution in [0.1, 0.15) is 63.4 Å². The van der Waals surface area contributed by atoms with Crippen molar-refractivity contribution in [2.45, 2.75) is 59.4 Å². The van der Waals surface area contributed by atoms with Crippen LogP contribution in [0.2, 0.25) is 0 Å².